The topological polar surface area (TPSA) is 40.5 Å². The number of aldehydes is 1. The third-order valence-corrected chi connectivity index (χ3v) is 3.30. The van der Waals surface area contributed by atoms with Crippen LogP contribution < -0.4 is 0 Å². The predicted molar refractivity (Wildman–Crippen MR) is 82.3 cm³/mol. The lowest BCUT2D eigenvalue weighted by molar-refractivity contribution is -0.186. The molecule has 5 heteroatoms. The van der Waals surface area contributed by atoms with Crippen molar-refractivity contribution in [3.63, 3.8) is 0 Å². The Bertz CT molecular complexity index is 499. The first kappa shape index (κ1) is 16.7. The average molecular weight is 293 g/mol. The number of nitrogens with zero attached hydrogens (tertiary/aromatic N) is 1. The van der Waals surface area contributed by atoms with Gasteiger partial charge in [-0.1, -0.05) is 25.6 Å². The van der Waals surface area contributed by atoms with Gasteiger partial charge in [-0.15, -0.1) is 5.54 Å². The van der Waals surface area contributed by atoms with Crippen molar-refractivity contribution < 1.29 is 14.3 Å². The van der Waals surface area contributed by atoms with Gasteiger partial charge >= 0.3 is 0 Å². The van der Waals surface area contributed by atoms with Gasteiger partial charge < -0.3 is 9.47 Å². The molecule has 20 heavy (non-hydrogen) atoms. The van der Waals surface area contributed by atoms with Crippen molar-refractivity contribution in [2.24, 2.45) is 0 Å². The molecule has 1 rings (SSSR count). The summed E-state index contributed by atoms with van der Waals surface area (Å²) >= 11 is 0. The van der Waals surface area contributed by atoms with Gasteiger partial charge in [0.1, 0.15) is 8.07 Å². The Kier molecular flexibility index (Phi) is 6.21. The Hall–Kier alpha value is -1.35. The average Bonchev–Trinajstić information content (AvgIpc) is 2.78. The summed E-state index contributed by atoms with van der Waals surface area (Å²) in [7, 11) is -1.44. The molecule has 0 aliphatic heterocycles. The standard InChI is InChI=1S/C15H23NO3Si/c1-6-18-15(19-7-2)16-11-13(10-14(16)12-17)8-9-20(3,4)5/h10-12,15H,6-7H2,1-5H3. The van der Waals surface area contributed by atoms with Crippen LogP contribution in [0.25, 0.3) is 0 Å². The molecule has 0 amide bonds. The molecular weight excluding hydrogens is 270 g/mol. The first-order valence-electron chi connectivity index (χ1n) is 6.84. The minimum absolute atomic E-state index is 0.511. The molecule has 1 aromatic rings. The predicted octanol–water partition coefficient (Wildman–Crippen LogP) is 3.06. The summed E-state index contributed by atoms with van der Waals surface area (Å²) < 4.78 is 12.7. The molecule has 0 aliphatic rings. The van der Waals surface area contributed by atoms with Crippen LogP contribution in [0.5, 0.6) is 0 Å². The summed E-state index contributed by atoms with van der Waals surface area (Å²) in [4.78, 5) is 11.2. The van der Waals surface area contributed by atoms with Crippen LogP contribution in [0.3, 0.4) is 0 Å². The summed E-state index contributed by atoms with van der Waals surface area (Å²) in [6.07, 6.45) is 2.03. The summed E-state index contributed by atoms with van der Waals surface area (Å²) in [5, 5.41) is 0. The minimum atomic E-state index is -1.44. The van der Waals surface area contributed by atoms with E-state index < -0.39 is 14.5 Å². The lowest BCUT2D eigenvalue weighted by atomic mass is 10.3. The molecule has 1 heterocycles. The van der Waals surface area contributed by atoms with Crippen molar-refractivity contribution in [2.45, 2.75) is 39.9 Å². The van der Waals surface area contributed by atoms with Gasteiger partial charge in [0.15, 0.2) is 6.29 Å². The summed E-state index contributed by atoms with van der Waals surface area (Å²) in [5.74, 6) is 3.14. The van der Waals surface area contributed by atoms with E-state index in [1.54, 1.807) is 10.6 Å². The molecule has 0 saturated carbocycles. The van der Waals surface area contributed by atoms with E-state index >= 15 is 0 Å². The van der Waals surface area contributed by atoms with E-state index in [9.17, 15) is 4.79 Å². The van der Waals surface area contributed by atoms with Crippen LogP contribution >= 0.6 is 0 Å². The van der Waals surface area contributed by atoms with Crippen LogP contribution in [-0.2, 0) is 9.47 Å². The third kappa shape index (κ3) is 4.97. The summed E-state index contributed by atoms with van der Waals surface area (Å²) in [6, 6.07) is 1.77. The normalized spacial score (nSPS) is 11.3. The molecule has 0 N–H and O–H groups in total. The molecule has 0 bridgehead atoms. The van der Waals surface area contributed by atoms with E-state index in [-0.39, 0.29) is 0 Å². The second-order valence-electron chi connectivity index (χ2n) is 5.40. The molecule has 110 valence electrons. The molecule has 0 aromatic carbocycles. The quantitative estimate of drug-likeness (QED) is 0.350. The van der Waals surface area contributed by atoms with Crippen molar-refractivity contribution in [1.82, 2.24) is 4.57 Å². The maximum absolute atomic E-state index is 11.2. The third-order valence-electron chi connectivity index (χ3n) is 2.43. The number of ether oxygens (including phenoxy) is 2. The van der Waals surface area contributed by atoms with E-state index in [0.29, 0.717) is 18.9 Å². The van der Waals surface area contributed by atoms with Crippen LogP contribution in [-0.4, -0.2) is 32.1 Å². The molecule has 0 fully saturated rings. The maximum atomic E-state index is 11.2. The Balaban J connectivity index is 3.09. The molecule has 0 aliphatic carbocycles. The highest BCUT2D eigenvalue weighted by Gasteiger charge is 2.15. The van der Waals surface area contributed by atoms with Gasteiger partial charge in [-0.2, -0.15) is 0 Å². The number of hydrogen-bond acceptors (Lipinski definition) is 3. The zero-order valence-corrected chi connectivity index (χ0v) is 13.9. The number of carbonyl (C=O) groups excluding carboxylic acids is 1. The van der Waals surface area contributed by atoms with Crippen molar-refractivity contribution in [3.8, 4) is 11.5 Å². The molecule has 0 atom stereocenters. The lowest BCUT2D eigenvalue weighted by Crippen LogP contribution is -2.17. The number of hydrogen-bond donors (Lipinski definition) is 0. The van der Waals surface area contributed by atoms with E-state index in [1.165, 1.54) is 0 Å². The maximum Gasteiger partial charge on any atom is 0.244 e. The molecule has 1 aromatic heterocycles. The minimum Gasteiger partial charge on any atom is -0.335 e. The van der Waals surface area contributed by atoms with Gasteiger partial charge in [-0.3, -0.25) is 9.36 Å². The molecular formula is C15H23NO3Si. The van der Waals surface area contributed by atoms with Crippen LogP contribution in [0.15, 0.2) is 12.3 Å². The zero-order chi connectivity index (χ0) is 15.2. The zero-order valence-electron chi connectivity index (χ0n) is 12.9. The molecule has 0 radical (unpaired) electrons. The van der Waals surface area contributed by atoms with Crippen molar-refractivity contribution in [1.29, 1.82) is 0 Å². The summed E-state index contributed by atoms with van der Waals surface area (Å²) in [6.45, 7) is 11.3. The molecule has 0 unspecified atom stereocenters. The highest BCUT2D eigenvalue weighted by molar-refractivity contribution is 6.83. The highest BCUT2D eigenvalue weighted by atomic mass is 28.3. The Labute approximate surface area is 122 Å². The SMILES string of the molecule is CCOC(OCC)n1cc(C#C[Si](C)(C)C)cc1C=O. The number of aromatic nitrogens is 1. The smallest absolute Gasteiger partial charge is 0.244 e. The summed E-state index contributed by atoms with van der Waals surface area (Å²) in [5.41, 5.74) is 4.61. The second-order valence-corrected chi connectivity index (χ2v) is 10.1. The second kappa shape index (κ2) is 7.43. The van der Waals surface area contributed by atoms with Gasteiger partial charge in [0, 0.05) is 25.0 Å². The number of rotatable bonds is 6. The van der Waals surface area contributed by atoms with Crippen LogP contribution in [0.1, 0.15) is 36.3 Å². The monoisotopic (exact) mass is 293 g/mol. The van der Waals surface area contributed by atoms with E-state index in [1.807, 2.05) is 20.0 Å². The van der Waals surface area contributed by atoms with Crippen molar-refractivity contribution in [3.05, 3.63) is 23.5 Å². The van der Waals surface area contributed by atoms with Crippen molar-refractivity contribution in [2.75, 3.05) is 13.2 Å². The molecule has 0 spiro atoms. The van der Waals surface area contributed by atoms with Gasteiger partial charge in [-0.05, 0) is 19.9 Å². The number of carbonyl (C=O) groups is 1. The lowest BCUT2D eigenvalue weighted by Gasteiger charge is -2.19. The Morgan fingerprint density at radius 2 is 1.90 bits per heavy atom. The fraction of sp³-hybridized carbons (Fsp3) is 0.533. The first-order chi connectivity index (χ1) is 9.41. The fourth-order valence-electron chi connectivity index (χ4n) is 1.59. The van der Waals surface area contributed by atoms with Crippen LogP contribution in [0.2, 0.25) is 19.6 Å². The van der Waals surface area contributed by atoms with E-state index in [4.69, 9.17) is 9.47 Å². The Morgan fingerprint density at radius 1 is 1.30 bits per heavy atom. The molecule has 4 nitrogen and oxygen atoms in total. The van der Waals surface area contributed by atoms with Crippen molar-refractivity contribution >= 4 is 14.4 Å². The van der Waals surface area contributed by atoms with E-state index in [0.717, 1.165) is 11.8 Å². The molecule has 0 saturated heterocycles. The van der Waals surface area contributed by atoms with Gasteiger partial charge in [-0.25, -0.2) is 0 Å². The first-order valence-corrected chi connectivity index (χ1v) is 10.3. The van der Waals surface area contributed by atoms with Crippen LogP contribution in [0, 0.1) is 11.5 Å². The van der Waals surface area contributed by atoms with Gasteiger partial charge in [0.2, 0.25) is 6.41 Å². The Morgan fingerprint density at radius 3 is 2.35 bits per heavy atom. The van der Waals surface area contributed by atoms with Crippen LogP contribution in [0.4, 0.5) is 0 Å². The van der Waals surface area contributed by atoms with Gasteiger partial charge in [0.05, 0.1) is 5.69 Å². The largest absolute Gasteiger partial charge is 0.335 e. The fourth-order valence-corrected chi connectivity index (χ4v) is 2.11. The highest BCUT2D eigenvalue weighted by Crippen LogP contribution is 2.17. The van der Waals surface area contributed by atoms with Gasteiger partial charge in [0.25, 0.3) is 0 Å². The van der Waals surface area contributed by atoms with E-state index in [2.05, 4.69) is 31.1 Å².